The Bertz CT molecular complexity index is 808. The van der Waals surface area contributed by atoms with E-state index < -0.39 is 11.0 Å². The number of nitrogens with zero attached hydrogens (tertiary/aromatic N) is 1. The number of rotatable bonds is 4. The minimum absolute atomic E-state index is 0.192. The predicted octanol–water partition coefficient (Wildman–Crippen LogP) is 2.71. The lowest BCUT2D eigenvalue weighted by molar-refractivity contribution is -0.142. The maximum Gasteiger partial charge on any atom is 0.302 e. The number of aromatic nitrogens is 1. The van der Waals surface area contributed by atoms with E-state index in [2.05, 4.69) is 0 Å². The van der Waals surface area contributed by atoms with Crippen LogP contribution in [0.25, 0.3) is 10.9 Å². The average molecular weight is 334 g/mol. The minimum Gasteiger partial charge on any atom is -0.466 e. The topological polar surface area (TPSA) is 65.4 Å². The Morgan fingerprint density at radius 2 is 2.04 bits per heavy atom. The molecule has 0 radical (unpaired) electrons. The molecule has 0 aliphatic carbocycles. The number of carbonyl (C=O) groups excluding carboxylic acids is 3. The Kier molecular flexibility index (Phi) is 4.22. The first-order chi connectivity index (χ1) is 11.0. The summed E-state index contributed by atoms with van der Waals surface area (Å²) in [5, 5.41) is -0.221. The lowest BCUT2D eigenvalue weighted by Crippen LogP contribution is -2.25. The van der Waals surface area contributed by atoms with Crippen molar-refractivity contribution < 1.29 is 19.1 Å². The van der Waals surface area contributed by atoms with Gasteiger partial charge in [0.1, 0.15) is 0 Å². The molecule has 0 saturated carbocycles. The van der Waals surface area contributed by atoms with Crippen molar-refractivity contribution in [1.82, 2.24) is 4.57 Å². The maximum atomic E-state index is 12.2. The van der Waals surface area contributed by atoms with Crippen LogP contribution in [0, 0.1) is 5.92 Å². The summed E-state index contributed by atoms with van der Waals surface area (Å²) >= 11 is 5.42. The van der Waals surface area contributed by atoms with Gasteiger partial charge in [-0.1, -0.05) is 18.2 Å². The predicted molar refractivity (Wildman–Crippen MR) is 85.6 cm³/mol. The van der Waals surface area contributed by atoms with Crippen LogP contribution in [0.15, 0.2) is 24.3 Å². The molecule has 120 valence electrons. The first kappa shape index (κ1) is 15.7. The second-order valence-corrected chi connectivity index (χ2v) is 6.10. The molecule has 1 unspecified atom stereocenters. The van der Waals surface area contributed by atoms with Crippen LogP contribution in [0.3, 0.4) is 0 Å². The molecule has 2 aromatic rings. The quantitative estimate of drug-likeness (QED) is 0.373. The van der Waals surface area contributed by atoms with Gasteiger partial charge in [0.15, 0.2) is 0 Å². The number of ether oxygens (including phenoxy) is 1. The van der Waals surface area contributed by atoms with Gasteiger partial charge in [-0.25, -0.2) is 0 Å². The molecule has 23 heavy (non-hydrogen) atoms. The van der Waals surface area contributed by atoms with Crippen LogP contribution in [-0.4, -0.2) is 28.2 Å². The Labute approximate surface area is 138 Å². The zero-order valence-electron chi connectivity index (χ0n) is 12.7. The van der Waals surface area contributed by atoms with Crippen molar-refractivity contribution in [2.75, 3.05) is 6.61 Å². The average Bonchev–Trinajstić information content (AvgIpc) is 2.86. The van der Waals surface area contributed by atoms with E-state index in [0.717, 1.165) is 23.0 Å². The number of hydrogen-bond donors (Lipinski definition) is 0. The number of halogens is 1. The summed E-state index contributed by atoms with van der Waals surface area (Å²) in [6, 6.07) is 7.47. The fourth-order valence-electron chi connectivity index (χ4n) is 3.24. The molecule has 5 nitrogen and oxygen atoms in total. The summed E-state index contributed by atoms with van der Waals surface area (Å²) < 4.78 is 7.15. The van der Waals surface area contributed by atoms with Crippen LogP contribution in [-0.2, 0) is 27.3 Å². The van der Waals surface area contributed by atoms with E-state index in [0.29, 0.717) is 25.1 Å². The van der Waals surface area contributed by atoms with Crippen molar-refractivity contribution in [2.45, 2.75) is 26.3 Å². The van der Waals surface area contributed by atoms with Crippen molar-refractivity contribution in [3.63, 3.8) is 0 Å². The van der Waals surface area contributed by atoms with Crippen molar-refractivity contribution in [1.29, 1.82) is 0 Å². The van der Waals surface area contributed by atoms with Gasteiger partial charge in [0, 0.05) is 36.0 Å². The van der Waals surface area contributed by atoms with Crippen LogP contribution in [0.2, 0.25) is 0 Å². The van der Waals surface area contributed by atoms with Crippen LogP contribution < -0.4 is 0 Å². The van der Waals surface area contributed by atoms with Gasteiger partial charge in [-0.2, -0.15) is 0 Å². The zero-order chi connectivity index (χ0) is 16.6. The molecule has 1 aromatic heterocycles. The number of fused-ring (bicyclic) bond motifs is 3. The van der Waals surface area contributed by atoms with Crippen molar-refractivity contribution in [2.24, 2.45) is 5.92 Å². The number of esters is 1. The lowest BCUT2D eigenvalue weighted by Gasteiger charge is -2.25. The molecule has 0 spiro atoms. The number of ketones is 1. The number of hydrogen-bond acceptors (Lipinski definition) is 4. The largest absolute Gasteiger partial charge is 0.466 e. The van der Waals surface area contributed by atoms with Crippen LogP contribution in [0.5, 0.6) is 0 Å². The summed E-state index contributed by atoms with van der Waals surface area (Å²) in [6.07, 6.45) is 1.44. The standard InChI is InChI=1S/C17H16ClNO4/c1-10(20)23-9-11-6-7-14-15(16(21)17(18)22)12-4-2-3-5-13(12)19(14)8-11/h2-5,11H,6-9H2,1H3. The Balaban J connectivity index is 2.04. The number of carbonyl (C=O) groups is 3. The van der Waals surface area contributed by atoms with E-state index in [-0.39, 0.29) is 11.9 Å². The number of Topliss-reactive ketones (excluding diaryl/α,β-unsaturated/α-hetero) is 1. The normalized spacial score (nSPS) is 16.9. The second-order valence-electron chi connectivity index (χ2n) is 5.76. The summed E-state index contributed by atoms with van der Waals surface area (Å²) in [4.78, 5) is 34.6. The van der Waals surface area contributed by atoms with Crippen molar-refractivity contribution >= 4 is 39.5 Å². The van der Waals surface area contributed by atoms with E-state index in [1.54, 1.807) is 0 Å². The van der Waals surface area contributed by atoms with Gasteiger partial charge in [0.05, 0.1) is 12.2 Å². The fourth-order valence-corrected chi connectivity index (χ4v) is 3.33. The molecule has 2 heterocycles. The van der Waals surface area contributed by atoms with Crippen molar-refractivity contribution in [3.8, 4) is 0 Å². The van der Waals surface area contributed by atoms with E-state index in [1.165, 1.54) is 6.92 Å². The van der Waals surface area contributed by atoms with Crippen LogP contribution >= 0.6 is 11.6 Å². The minimum atomic E-state index is -0.966. The SMILES string of the molecule is CC(=O)OCC1CCc2c(C(=O)C(=O)Cl)c3ccccc3n2C1. The van der Waals surface area contributed by atoms with Gasteiger partial charge < -0.3 is 9.30 Å². The molecule has 0 fully saturated rings. The van der Waals surface area contributed by atoms with Gasteiger partial charge in [0.25, 0.3) is 5.24 Å². The second kappa shape index (κ2) is 6.16. The van der Waals surface area contributed by atoms with Crippen LogP contribution in [0.1, 0.15) is 29.4 Å². The fraction of sp³-hybridized carbons (Fsp3) is 0.353. The number of para-hydroxylation sites is 1. The molecule has 0 bridgehead atoms. The highest BCUT2D eigenvalue weighted by molar-refractivity contribution is 6.83. The Hall–Kier alpha value is -2.14. The van der Waals surface area contributed by atoms with Gasteiger partial charge in [0.2, 0.25) is 5.78 Å². The molecule has 1 aliphatic rings. The molecular formula is C17H16ClNO4. The van der Waals surface area contributed by atoms with E-state index in [4.69, 9.17) is 16.3 Å². The monoisotopic (exact) mass is 333 g/mol. The van der Waals surface area contributed by atoms with Crippen molar-refractivity contribution in [3.05, 3.63) is 35.5 Å². The number of benzene rings is 1. The summed E-state index contributed by atoms with van der Waals surface area (Å²) in [6.45, 7) is 2.40. The molecule has 0 saturated heterocycles. The molecule has 0 amide bonds. The molecule has 1 aliphatic heterocycles. The van der Waals surface area contributed by atoms with E-state index in [1.807, 2.05) is 28.8 Å². The Morgan fingerprint density at radius 3 is 2.74 bits per heavy atom. The Morgan fingerprint density at radius 1 is 1.30 bits per heavy atom. The third kappa shape index (κ3) is 2.88. The highest BCUT2D eigenvalue weighted by Gasteiger charge is 2.30. The molecule has 3 rings (SSSR count). The zero-order valence-corrected chi connectivity index (χ0v) is 13.4. The first-order valence-electron chi connectivity index (χ1n) is 7.46. The highest BCUT2D eigenvalue weighted by Crippen LogP contribution is 2.33. The molecule has 0 N–H and O–H groups in total. The maximum absolute atomic E-state index is 12.2. The third-order valence-electron chi connectivity index (χ3n) is 4.24. The molecule has 1 atom stereocenters. The molecule has 6 heteroatoms. The van der Waals surface area contributed by atoms with Gasteiger partial charge in [-0.05, 0) is 30.5 Å². The van der Waals surface area contributed by atoms with Gasteiger partial charge >= 0.3 is 5.97 Å². The van der Waals surface area contributed by atoms with Gasteiger partial charge in [-0.3, -0.25) is 14.4 Å². The summed E-state index contributed by atoms with van der Waals surface area (Å²) in [7, 11) is 0. The molecule has 1 aromatic carbocycles. The smallest absolute Gasteiger partial charge is 0.302 e. The third-order valence-corrected chi connectivity index (χ3v) is 4.41. The molecular weight excluding hydrogens is 318 g/mol. The summed E-state index contributed by atoms with van der Waals surface area (Å²) in [5.41, 5.74) is 2.15. The first-order valence-corrected chi connectivity index (χ1v) is 7.84. The van der Waals surface area contributed by atoms with E-state index in [9.17, 15) is 14.4 Å². The van der Waals surface area contributed by atoms with Gasteiger partial charge in [-0.15, -0.1) is 0 Å². The van der Waals surface area contributed by atoms with Crippen LogP contribution in [0.4, 0.5) is 0 Å². The van der Waals surface area contributed by atoms with E-state index >= 15 is 0 Å². The summed E-state index contributed by atoms with van der Waals surface area (Å²) in [5.74, 6) is -0.760. The highest BCUT2D eigenvalue weighted by atomic mass is 35.5. The lowest BCUT2D eigenvalue weighted by atomic mass is 9.96.